The van der Waals surface area contributed by atoms with Gasteiger partial charge in [-0.1, -0.05) is 5.16 Å². The molecule has 78 valence electrons. The maximum Gasteiger partial charge on any atom is 0.312 e. The molecule has 0 N–H and O–H groups in total. The quantitative estimate of drug-likeness (QED) is 0.679. The van der Waals surface area contributed by atoms with Crippen molar-refractivity contribution in [2.45, 2.75) is 39.7 Å². The Morgan fingerprint density at radius 1 is 1.57 bits per heavy atom. The van der Waals surface area contributed by atoms with Crippen molar-refractivity contribution in [3.63, 3.8) is 0 Å². The Morgan fingerprint density at radius 3 is 2.64 bits per heavy atom. The van der Waals surface area contributed by atoms with Gasteiger partial charge in [-0.3, -0.25) is 4.79 Å². The van der Waals surface area contributed by atoms with Crippen molar-refractivity contribution in [1.82, 2.24) is 5.16 Å². The molecule has 0 saturated heterocycles. The fourth-order valence-electron chi connectivity index (χ4n) is 0.995. The minimum atomic E-state index is -0.450. The molecular formula is C10H15NO3. The van der Waals surface area contributed by atoms with Gasteiger partial charge in [0.25, 0.3) is 0 Å². The Labute approximate surface area is 83.2 Å². The van der Waals surface area contributed by atoms with Gasteiger partial charge in [-0.25, -0.2) is 0 Å². The zero-order valence-corrected chi connectivity index (χ0v) is 8.96. The van der Waals surface area contributed by atoms with E-state index in [1.54, 1.807) is 0 Å². The highest BCUT2D eigenvalue weighted by Gasteiger charge is 2.18. The van der Waals surface area contributed by atoms with E-state index in [1.807, 2.05) is 27.7 Å². The summed E-state index contributed by atoms with van der Waals surface area (Å²) in [6, 6.07) is 0. The molecule has 0 spiro atoms. The molecule has 0 amide bonds. The van der Waals surface area contributed by atoms with Gasteiger partial charge in [0.1, 0.15) is 11.9 Å². The normalized spacial score (nSPS) is 11.4. The summed E-state index contributed by atoms with van der Waals surface area (Å²) in [5.41, 5.74) is 1.06. The van der Waals surface area contributed by atoms with Crippen molar-refractivity contribution >= 4 is 5.97 Å². The molecule has 0 saturated carbocycles. The first-order valence-electron chi connectivity index (χ1n) is 4.50. The molecule has 0 aromatic carbocycles. The summed E-state index contributed by atoms with van der Waals surface area (Å²) < 4.78 is 9.86. The molecule has 4 nitrogen and oxygen atoms in total. The number of hydrogen-bond donors (Lipinski definition) is 0. The van der Waals surface area contributed by atoms with E-state index in [2.05, 4.69) is 5.16 Å². The maximum atomic E-state index is 11.4. The summed E-state index contributed by atoms with van der Waals surface area (Å²) in [5.74, 6) is -0.283. The van der Waals surface area contributed by atoms with E-state index in [0.29, 0.717) is 5.69 Å². The third-order valence-corrected chi connectivity index (χ3v) is 1.58. The van der Waals surface area contributed by atoms with Gasteiger partial charge in [0.2, 0.25) is 0 Å². The van der Waals surface area contributed by atoms with Gasteiger partial charge in [-0.2, -0.15) is 0 Å². The molecule has 0 aliphatic heterocycles. The van der Waals surface area contributed by atoms with Crippen molar-refractivity contribution in [2.75, 3.05) is 0 Å². The van der Waals surface area contributed by atoms with Crippen LogP contribution in [-0.4, -0.2) is 16.7 Å². The Hall–Kier alpha value is -1.32. The van der Waals surface area contributed by atoms with E-state index in [1.165, 1.54) is 6.26 Å². The Morgan fingerprint density at radius 2 is 2.21 bits per heavy atom. The van der Waals surface area contributed by atoms with Gasteiger partial charge in [-0.15, -0.1) is 0 Å². The van der Waals surface area contributed by atoms with Crippen LogP contribution in [-0.2, 0) is 16.0 Å². The summed E-state index contributed by atoms with van der Waals surface area (Å²) in [6.45, 7) is 7.35. The number of ether oxygens (including phenoxy) is 1. The second-order valence-electron chi connectivity index (χ2n) is 4.21. The minimum Gasteiger partial charge on any atom is -0.460 e. The first-order valence-corrected chi connectivity index (χ1v) is 4.50. The van der Waals surface area contributed by atoms with E-state index in [9.17, 15) is 4.79 Å². The molecule has 0 aliphatic rings. The molecule has 4 heteroatoms. The lowest BCUT2D eigenvalue weighted by Gasteiger charge is -2.18. The van der Waals surface area contributed by atoms with Crippen molar-refractivity contribution < 1.29 is 14.1 Å². The molecule has 0 atom stereocenters. The van der Waals surface area contributed by atoms with E-state index in [4.69, 9.17) is 9.26 Å². The number of aryl methyl sites for hydroxylation is 1. The van der Waals surface area contributed by atoms with Crippen LogP contribution in [0, 0.1) is 6.92 Å². The molecule has 0 radical (unpaired) electrons. The minimum absolute atomic E-state index is 0.166. The van der Waals surface area contributed by atoms with Crippen molar-refractivity contribution in [3.8, 4) is 0 Å². The predicted molar refractivity (Wildman–Crippen MR) is 50.8 cm³/mol. The maximum absolute atomic E-state index is 11.4. The molecule has 1 aromatic rings. The fraction of sp³-hybridized carbons (Fsp3) is 0.600. The number of nitrogens with zero attached hydrogens (tertiary/aromatic N) is 1. The van der Waals surface area contributed by atoms with Gasteiger partial charge in [0.05, 0.1) is 12.1 Å². The second-order valence-corrected chi connectivity index (χ2v) is 4.21. The number of carbonyl (C=O) groups excluding carboxylic acids is 1. The molecule has 0 bridgehead atoms. The van der Waals surface area contributed by atoms with Gasteiger partial charge < -0.3 is 9.26 Å². The molecule has 1 heterocycles. The Bertz CT molecular complexity index is 322. The average Bonchev–Trinajstić information content (AvgIpc) is 2.32. The van der Waals surface area contributed by atoms with Crippen molar-refractivity contribution in [3.05, 3.63) is 17.5 Å². The van der Waals surface area contributed by atoms with Crippen LogP contribution in [0.15, 0.2) is 10.8 Å². The van der Waals surface area contributed by atoms with Crippen LogP contribution in [0.5, 0.6) is 0 Å². The Kier molecular flexibility index (Phi) is 2.93. The summed E-state index contributed by atoms with van der Waals surface area (Å²) in [6.07, 6.45) is 1.68. The SMILES string of the molecule is Cc1conc1CC(=O)OC(C)(C)C. The lowest BCUT2D eigenvalue weighted by Crippen LogP contribution is -2.25. The van der Waals surface area contributed by atoms with Crippen LogP contribution < -0.4 is 0 Å². The van der Waals surface area contributed by atoms with Crippen molar-refractivity contribution in [2.24, 2.45) is 0 Å². The van der Waals surface area contributed by atoms with E-state index >= 15 is 0 Å². The van der Waals surface area contributed by atoms with E-state index in [-0.39, 0.29) is 12.4 Å². The smallest absolute Gasteiger partial charge is 0.312 e. The summed E-state index contributed by atoms with van der Waals surface area (Å²) in [5, 5.41) is 3.71. The monoisotopic (exact) mass is 197 g/mol. The van der Waals surface area contributed by atoms with E-state index < -0.39 is 5.60 Å². The zero-order chi connectivity index (χ0) is 10.8. The summed E-state index contributed by atoms with van der Waals surface area (Å²) >= 11 is 0. The molecule has 0 unspecified atom stereocenters. The number of esters is 1. The van der Waals surface area contributed by atoms with Gasteiger partial charge in [-0.05, 0) is 27.7 Å². The molecular weight excluding hydrogens is 182 g/mol. The molecule has 14 heavy (non-hydrogen) atoms. The number of carbonyl (C=O) groups is 1. The van der Waals surface area contributed by atoms with Crippen LogP contribution in [0.2, 0.25) is 0 Å². The average molecular weight is 197 g/mol. The summed E-state index contributed by atoms with van der Waals surface area (Å²) in [7, 11) is 0. The molecule has 1 aromatic heterocycles. The Balaban J connectivity index is 2.54. The van der Waals surface area contributed by atoms with Crippen LogP contribution in [0.4, 0.5) is 0 Å². The number of aromatic nitrogens is 1. The highest BCUT2D eigenvalue weighted by Crippen LogP contribution is 2.11. The van der Waals surface area contributed by atoms with Crippen LogP contribution in [0.25, 0.3) is 0 Å². The summed E-state index contributed by atoms with van der Waals surface area (Å²) in [4.78, 5) is 11.4. The highest BCUT2D eigenvalue weighted by molar-refractivity contribution is 5.72. The predicted octanol–water partition coefficient (Wildman–Crippen LogP) is 1.87. The third-order valence-electron chi connectivity index (χ3n) is 1.58. The van der Waals surface area contributed by atoms with Gasteiger partial charge in [0, 0.05) is 5.56 Å². The standard InChI is InChI=1S/C10H15NO3/c1-7-6-13-11-8(7)5-9(12)14-10(2,3)4/h6H,5H2,1-4H3. The second kappa shape index (κ2) is 3.82. The van der Waals surface area contributed by atoms with Crippen molar-refractivity contribution in [1.29, 1.82) is 0 Å². The molecule has 1 rings (SSSR count). The lowest BCUT2D eigenvalue weighted by molar-refractivity contribution is -0.154. The molecule has 0 fully saturated rings. The lowest BCUT2D eigenvalue weighted by atomic mass is 10.2. The first kappa shape index (κ1) is 10.8. The highest BCUT2D eigenvalue weighted by atomic mass is 16.6. The largest absolute Gasteiger partial charge is 0.460 e. The van der Waals surface area contributed by atoms with Crippen LogP contribution >= 0.6 is 0 Å². The van der Waals surface area contributed by atoms with Gasteiger partial charge in [0.15, 0.2) is 0 Å². The van der Waals surface area contributed by atoms with E-state index in [0.717, 1.165) is 5.56 Å². The number of hydrogen-bond acceptors (Lipinski definition) is 4. The number of rotatable bonds is 2. The van der Waals surface area contributed by atoms with Gasteiger partial charge >= 0.3 is 5.97 Å². The fourth-order valence-corrected chi connectivity index (χ4v) is 0.995. The third kappa shape index (κ3) is 3.20. The topological polar surface area (TPSA) is 52.3 Å². The molecule has 0 aliphatic carbocycles. The van der Waals surface area contributed by atoms with Crippen LogP contribution in [0.3, 0.4) is 0 Å². The first-order chi connectivity index (χ1) is 6.38. The van der Waals surface area contributed by atoms with Crippen LogP contribution in [0.1, 0.15) is 32.0 Å². The zero-order valence-electron chi connectivity index (χ0n) is 8.96.